The summed E-state index contributed by atoms with van der Waals surface area (Å²) in [5.41, 5.74) is 7.24. The summed E-state index contributed by atoms with van der Waals surface area (Å²) in [7, 11) is 0. The van der Waals surface area contributed by atoms with E-state index in [4.69, 9.17) is 33.7 Å². The lowest BCUT2D eigenvalue weighted by atomic mass is 10.1. The Kier molecular flexibility index (Phi) is 4.06. The molecule has 0 unspecified atom stereocenters. The average molecular weight is 314 g/mol. The van der Waals surface area contributed by atoms with Crippen LogP contribution < -0.4 is 5.73 Å². The second-order valence-electron chi connectivity index (χ2n) is 5.17. The summed E-state index contributed by atoms with van der Waals surface area (Å²) < 4.78 is 5.31. The first-order valence-corrected chi connectivity index (χ1v) is 7.51. The molecule has 1 aliphatic heterocycles. The Bertz CT molecular complexity index is 529. The smallest absolute Gasteiger partial charge is 0.191 e. The molecule has 108 valence electrons. The first-order valence-electron chi connectivity index (χ1n) is 6.76. The van der Waals surface area contributed by atoms with Gasteiger partial charge in [-0.15, -0.1) is 0 Å². The van der Waals surface area contributed by atoms with E-state index in [1.165, 1.54) is 5.56 Å². The van der Waals surface area contributed by atoms with E-state index in [1.807, 2.05) is 18.2 Å². The van der Waals surface area contributed by atoms with Gasteiger partial charge in [0, 0.05) is 19.0 Å². The molecule has 2 aliphatic rings. The van der Waals surface area contributed by atoms with Gasteiger partial charge in [0.05, 0.1) is 29.3 Å². The van der Waals surface area contributed by atoms with E-state index in [9.17, 15) is 0 Å². The molecule has 20 heavy (non-hydrogen) atoms. The number of hydrogen-bond acceptors (Lipinski definition) is 2. The molecular formula is C14H17Cl2N3O. The molecular weight excluding hydrogens is 297 g/mol. The molecule has 1 aromatic rings. The van der Waals surface area contributed by atoms with Gasteiger partial charge in [0.15, 0.2) is 5.96 Å². The number of guanidine groups is 1. The third-order valence-electron chi connectivity index (χ3n) is 3.76. The number of rotatable bonds is 2. The highest BCUT2D eigenvalue weighted by Crippen LogP contribution is 2.44. The van der Waals surface area contributed by atoms with Crippen molar-refractivity contribution in [1.29, 1.82) is 0 Å². The molecule has 3 rings (SSSR count). The molecule has 2 N–H and O–H groups in total. The second-order valence-corrected chi connectivity index (χ2v) is 5.98. The molecule has 6 heteroatoms. The number of benzene rings is 1. The summed E-state index contributed by atoms with van der Waals surface area (Å²) in [4.78, 5) is 6.69. The molecule has 1 saturated carbocycles. The third kappa shape index (κ3) is 3.03. The van der Waals surface area contributed by atoms with E-state index in [2.05, 4.69) is 9.89 Å². The van der Waals surface area contributed by atoms with Crippen LogP contribution in [0.15, 0.2) is 23.2 Å². The molecule has 0 bridgehead atoms. The van der Waals surface area contributed by atoms with Gasteiger partial charge in [0.2, 0.25) is 0 Å². The number of ether oxygens (including phenoxy) is 1. The lowest BCUT2D eigenvalue weighted by Crippen LogP contribution is -2.45. The van der Waals surface area contributed by atoms with Gasteiger partial charge in [0.1, 0.15) is 0 Å². The number of hydrogen-bond donors (Lipinski definition) is 1. The Morgan fingerprint density at radius 1 is 1.25 bits per heavy atom. The zero-order valence-electron chi connectivity index (χ0n) is 11.1. The van der Waals surface area contributed by atoms with Gasteiger partial charge >= 0.3 is 0 Å². The Labute approximate surface area is 128 Å². The van der Waals surface area contributed by atoms with Crippen LogP contribution in [-0.2, 0) is 4.74 Å². The quantitative estimate of drug-likeness (QED) is 0.674. The number of halogens is 2. The van der Waals surface area contributed by atoms with Crippen molar-refractivity contribution in [1.82, 2.24) is 4.90 Å². The van der Waals surface area contributed by atoms with Crippen molar-refractivity contribution in [2.24, 2.45) is 10.7 Å². The van der Waals surface area contributed by atoms with Crippen molar-refractivity contribution < 1.29 is 4.74 Å². The first kappa shape index (κ1) is 14.0. The minimum atomic E-state index is 0.259. The number of morpholine rings is 1. The second kappa shape index (κ2) is 5.80. The van der Waals surface area contributed by atoms with E-state index in [1.54, 1.807) is 0 Å². The fourth-order valence-electron chi connectivity index (χ4n) is 2.47. The van der Waals surface area contributed by atoms with Crippen molar-refractivity contribution in [3.63, 3.8) is 0 Å². The summed E-state index contributed by atoms with van der Waals surface area (Å²) in [6, 6.07) is 6.04. The molecule has 0 spiro atoms. The van der Waals surface area contributed by atoms with Gasteiger partial charge in [-0.25, -0.2) is 4.99 Å². The van der Waals surface area contributed by atoms with E-state index in [0.717, 1.165) is 32.7 Å². The highest BCUT2D eigenvalue weighted by Gasteiger charge is 2.39. The zero-order valence-corrected chi connectivity index (χ0v) is 12.6. The van der Waals surface area contributed by atoms with E-state index < -0.39 is 0 Å². The number of nitrogens with two attached hydrogens (primary N) is 1. The largest absolute Gasteiger partial charge is 0.378 e. The van der Waals surface area contributed by atoms with Gasteiger partial charge in [-0.1, -0.05) is 29.3 Å². The third-order valence-corrected chi connectivity index (χ3v) is 4.50. The predicted octanol–water partition coefficient (Wildman–Crippen LogP) is 2.50. The Morgan fingerprint density at radius 2 is 2.00 bits per heavy atom. The van der Waals surface area contributed by atoms with Gasteiger partial charge < -0.3 is 15.4 Å². The number of nitrogens with zero attached hydrogens (tertiary/aromatic N) is 2. The van der Waals surface area contributed by atoms with Crippen LogP contribution in [0.1, 0.15) is 17.9 Å². The Balaban J connectivity index is 1.64. The van der Waals surface area contributed by atoms with Gasteiger partial charge in [-0.05, 0) is 24.1 Å². The van der Waals surface area contributed by atoms with Crippen molar-refractivity contribution in [3.05, 3.63) is 33.8 Å². The molecule has 0 aromatic heterocycles. The van der Waals surface area contributed by atoms with Gasteiger partial charge in [0.25, 0.3) is 0 Å². The molecule has 1 aliphatic carbocycles. The van der Waals surface area contributed by atoms with E-state index in [-0.39, 0.29) is 6.04 Å². The standard InChI is InChI=1S/C14H17Cl2N3O/c15-11-2-1-9(7-12(11)16)10-8-13(10)18-14(17)19-3-5-20-6-4-19/h1-2,7,10,13H,3-6,8H2,(H2,17,18)/t10-,13+/m0/s1. The summed E-state index contributed by atoms with van der Waals surface area (Å²) in [5, 5.41) is 1.18. The lowest BCUT2D eigenvalue weighted by Gasteiger charge is -2.27. The fourth-order valence-corrected chi connectivity index (χ4v) is 2.78. The molecule has 4 nitrogen and oxygen atoms in total. The lowest BCUT2D eigenvalue weighted by molar-refractivity contribution is 0.0674. The molecule has 1 aromatic carbocycles. The van der Waals surface area contributed by atoms with Crippen LogP contribution in [0.4, 0.5) is 0 Å². The zero-order chi connectivity index (χ0) is 14.1. The molecule has 0 amide bonds. The summed E-state index contributed by atoms with van der Waals surface area (Å²) in [6.07, 6.45) is 1.02. The highest BCUT2D eigenvalue weighted by molar-refractivity contribution is 6.42. The molecule has 0 radical (unpaired) electrons. The van der Waals surface area contributed by atoms with Crippen LogP contribution in [0.5, 0.6) is 0 Å². The van der Waals surface area contributed by atoms with Crippen LogP contribution in [0, 0.1) is 0 Å². The maximum atomic E-state index is 6.06. The first-order chi connectivity index (χ1) is 9.65. The summed E-state index contributed by atoms with van der Waals surface area (Å²) in [5.74, 6) is 1.03. The molecule has 1 saturated heterocycles. The van der Waals surface area contributed by atoms with Gasteiger partial charge in [-0.2, -0.15) is 0 Å². The Hall–Kier alpha value is -0.970. The molecule has 2 fully saturated rings. The molecule has 2 atom stereocenters. The summed E-state index contributed by atoms with van der Waals surface area (Å²) >= 11 is 12.0. The maximum absolute atomic E-state index is 6.06. The minimum Gasteiger partial charge on any atom is -0.378 e. The SMILES string of the molecule is NC(=N[C@@H]1C[C@H]1c1ccc(Cl)c(Cl)c1)N1CCOCC1. The maximum Gasteiger partial charge on any atom is 0.191 e. The monoisotopic (exact) mass is 313 g/mol. The van der Waals surface area contributed by atoms with Crippen LogP contribution >= 0.6 is 23.2 Å². The minimum absolute atomic E-state index is 0.259. The topological polar surface area (TPSA) is 50.8 Å². The predicted molar refractivity (Wildman–Crippen MR) is 81.6 cm³/mol. The van der Waals surface area contributed by atoms with Crippen molar-refractivity contribution in [2.75, 3.05) is 26.3 Å². The molecule has 1 heterocycles. The van der Waals surface area contributed by atoms with E-state index in [0.29, 0.717) is 21.9 Å². The number of aliphatic imine (C=N–C) groups is 1. The highest BCUT2D eigenvalue weighted by atomic mass is 35.5. The van der Waals surface area contributed by atoms with Gasteiger partial charge in [-0.3, -0.25) is 0 Å². The average Bonchev–Trinajstić information content (AvgIpc) is 3.22. The fraction of sp³-hybridized carbons (Fsp3) is 0.500. The van der Waals surface area contributed by atoms with Crippen molar-refractivity contribution >= 4 is 29.2 Å². The van der Waals surface area contributed by atoms with Crippen molar-refractivity contribution in [3.8, 4) is 0 Å². The van der Waals surface area contributed by atoms with Crippen LogP contribution in [-0.4, -0.2) is 43.2 Å². The van der Waals surface area contributed by atoms with Crippen molar-refractivity contribution in [2.45, 2.75) is 18.4 Å². The van der Waals surface area contributed by atoms with Crippen LogP contribution in [0.2, 0.25) is 10.0 Å². The Morgan fingerprint density at radius 3 is 2.70 bits per heavy atom. The normalized spacial score (nSPS) is 26.7. The van der Waals surface area contributed by atoms with Crippen LogP contribution in [0.3, 0.4) is 0 Å². The van der Waals surface area contributed by atoms with Crippen LogP contribution in [0.25, 0.3) is 0 Å². The van der Waals surface area contributed by atoms with E-state index >= 15 is 0 Å². The summed E-state index contributed by atoms with van der Waals surface area (Å²) in [6.45, 7) is 3.08.